The van der Waals surface area contributed by atoms with Gasteiger partial charge in [0.15, 0.2) is 5.76 Å². The topological polar surface area (TPSA) is 58.7 Å². The fraction of sp³-hybridized carbons (Fsp3) is 0.526. The predicted octanol–water partition coefficient (Wildman–Crippen LogP) is 2.70. The molecule has 1 saturated carbocycles. The van der Waals surface area contributed by atoms with Crippen molar-refractivity contribution < 1.29 is 14.4 Å². The van der Waals surface area contributed by atoms with E-state index in [0.717, 1.165) is 56.0 Å². The molecule has 2 aliphatic rings. The Morgan fingerprint density at radius 3 is 2.88 bits per heavy atom. The van der Waals surface area contributed by atoms with Crippen molar-refractivity contribution in [2.45, 2.75) is 38.0 Å². The minimum atomic E-state index is -0.198. The van der Waals surface area contributed by atoms with Crippen LogP contribution in [0.2, 0.25) is 0 Å². The van der Waals surface area contributed by atoms with E-state index in [1.165, 1.54) is 0 Å². The van der Waals surface area contributed by atoms with Crippen LogP contribution >= 0.6 is 0 Å². The maximum Gasteiger partial charge on any atom is 0.167 e. The zero-order chi connectivity index (χ0) is 16.4. The van der Waals surface area contributed by atoms with Gasteiger partial charge in [-0.15, -0.1) is 0 Å². The van der Waals surface area contributed by atoms with Gasteiger partial charge in [0.2, 0.25) is 0 Å². The molecule has 1 aromatic carbocycles. The highest BCUT2D eigenvalue weighted by Crippen LogP contribution is 2.33. The molecule has 5 nitrogen and oxygen atoms in total. The van der Waals surface area contributed by atoms with Crippen LogP contribution in [0.1, 0.15) is 25.0 Å². The molecule has 128 valence electrons. The molecule has 2 heterocycles. The summed E-state index contributed by atoms with van der Waals surface area (Å²) in [6.45, 7) is 3.06. The van der Waals surface area contributed by atoms with Gasteiger partial charge in [-0.25, -0.2) is 0 Å². The molecule has 2 aromatic rings. The standard InChI is InChI=1S/C19H24N2O3/c22-18-8-4-7-16(18)17-13-23-10-9-21(17)12-15-11-19(24-20-15)14-5-2-1-3-6-14/h1-3,5-6,11,16-18,22H,4,7-10,12-13H2/t16-,17+,18+/m0/s1. The average molecular weight is 328 g/mol. The number of rotatable bonds is 4. The Hall–Kier alpha value is -1.69. The smallest absolute Gasteiger partial charge is 0.167 e. The van der Waals surface area contributed by atoms with Crippen molar-refractivity contribution in [3.63, 3.8) is 0 Å². The molecular formula is C19H24N2O3. The van der Waals surface area contributed by atoms with Gasteiger partial charge in [-0.2, -0.15) is 0 Å². The zero-order valence-electron chi connectivity index (χ0n) is 13.8. The van der Waals surface area contributed by atoms with Crippen molar-refractivity contribution >= 4 is 0 Å². The Bertz CT molecular complexity index is 658. The van der Waals surface area contributed by atoms with Crippen molar-refractivity contribution in [1.29, 1.82) is 0 Å². The van der Waals surface area contributed by atoms with Gasteiger partial charge in [0.1, 0.15) is 0 Å². The first-order valence-electron chi connectivity index (χ1n) is 8.82. The van der Waals surface area contributed by atoms with Crippen molar-refractivity contribution in [2.24, 2.45) is 5.92 Å². The summed E-state index contributed by atoms with van der Waals surface area (Å²) in [6.07, 6.45) is 2.91. The van der Waals surface area contributed by atoms with Gasteiger partial charge in [0.05, 0.1) is 25.0 Å². The normalized spacial score (nSPS) is 28.3. The molecule has 2 fully saturated rings. The number of hydrogen-bond donors (Lipinski definition) is 1. The molecule has 4 rings (SSSR count). The summed E-state index contributed by atoms with van der Waals surface area (Å²) in [5.74, 6) is 1.11. The fourth-order valence-corrected chi connectivity index (χ4v) is 4.00. The first kappa shape index (κ1) is 15.8. The summed E-state index contributed by atoms with van der Waals surface area (Å²) in [5.41, 5.74) is 1.98. The highest BCUT2D eigenvalue weighted by atomic mass is 16.5. The second kappa shape index (κ2) is 7.05. The second-order valence-electron chi connectivity index (χ2n) is 6.82. The van der Waals surface area contributed by atoms with E-state index in [9.17, 15) is 5.11 Å². The van der Waals surface area contributed by atoms with Crippen LogP contribution in [0.25, 0.3) is 11.3 Å². The molecule has 24 heavy (non-hydrogen) atoms. The fourth-order valence-electron chi connectivity index (χ4n) is 4.00. The van der Waals surface area contributed by atoms with Crippen molar-refractivity contribution in [3.05, 3.63) is 42.1 Å². The molecule has 0 bridgehead atoms. The van der Waals surface area contributed by atoms with Crippen molar-refractivity contribution in [2.75, 3.05) is 19.8 Å². The monoisotopic (exact) mass is 328 g/mol. The highest BCUT2D eigenvalue weighted by Gasteiger charge is 2.37. The molecule has 3 atom stereocenters. The maximum absolute atomic E-state index is 10.3. The lowest BCUT2D eigenvalue weighted by atomic mass is 9.94. The lowest BCUT2D eigenvalue weighted by Gasteiger charge is -2.39. The average Bonchev–Trinajstić information content (AvgIpc) is 3.25. The number of aliphatic hydroxyl groups excluding tert-OH is 1. The van der Waals surface area contributed by atoms with E-state index in [1.807, 2.05) is 36.4 Å². The highest BCUT2D eigenvalue weighted by molar-refractivity contribution is 5.56. The summed E-state index contributed by atoms with van der Waals surface area (Å²) < 4.78 is 11.2. The van der Waals surface area contributed by atoms with Crippen LogP contribution in [0.3, 0.4) is 0 Å². The Balaban J connectivity index is 1.48. The second-order valence-corrected chi connectivity index (χ2v) is 6.82. The molecule has 0 amide bonds. The third kappa shape index (κ3) is 3.24. The van der Waals surface area contributed by atoms with Crippen LogP contribution in [0.15, 0.2) is 40.9 Å². The number of ether oxygens (including phenoxy) is 1. The predicted molar refractivity (Wildman–Crippen MR) is 90.3 cm³/mol. The van der Waals surface area contributed by atoms with Crippen LogP contribution in [0, 0.1) is 5.92 Å². The number of hydrogen-bond acceptors (Lipinski definition) is 5. The Morgan fingerprint density at radius 1 is 1.21 bits per heavy atom. The molecule has 1 N–H and O–H groups in total. The van der Waals surface area contributed by atoms with Gasteiger partial charge in [-0.3, -0.25) is 4.90 Å². The Morgan fingerprint density at radius 2 is 2.08 bits per heavy atom. The molecule has 0 radical (unpaired) electrons. The number of aromatic nitrogens is 1. The molecule has 1 saturated heterocycles. The molecule has 1 aromatic heterocycles. The van der Waals surface area contributed by atoms with Crippen LogP contribution in [-0.4, -0.2) is 47.1 Å². The van der Waals surface area contributed by atoms with Crippen LogP contribution in [0.4, 0.5) is 0 Å². The molecule has 1 aliphatic carbocycles. The van der Waals surface area contributed by atoms with E-state index < -0.39 is 0 Å². The first-order valence-corrected chi connectivity index (χ1v) is 8.82. The molecule has 5 heteroatoms. The van der Waals surface area contributed by atoms with Crippen LogP contribution < -0.4 is 0 Å². The van der Waals surface area contributed by atoms with E-state index in [1.54, 1.807) is 0 Å². The van der Waals surface area contributed by atoms with Crippen LogP contribution in [0.5, 0.6) is 0 Å². The van der Waals surface area contributed by atoms with Crippen molar-refractivity contribution in [1.82, 2.24) is 10.1 Å². The largest absolute Gasteiger partial charge is 0.393 e. The first-order chi connectivity index (χ1) is 11.8. The molecule has 1 aliphatic heterocycles. The summed E-state index contributed by atoms with van der Waals surface area (Å²) >= 11 is 0. The van der Waals surface area contributed by atoms with Crippen LogP contribution in [-0.2, 0) is 11.3 Å². The van der Waals surface area contributed by atoms with Gasteiger partial charge in [-0.1, -0.05) is 41.9 Å². The zero-order valence-corrected chi connectivity index (χ0v) is 13.8. The minimum Gasteiger partial charge on any atom is -0.393 e. The third-order valence-electron chi connectivity index (χ3n) is 5.29. The molecule has 0 spiro atoms. The van der Waals surface area contributed by atoms with E-state index in [2.05, 4.69) is 10.1 Å². The third-order valence-corrected chi connectivity index (χ3v) is 5.29. The van der Waals surface area contributed by atoms with E-state index in [4.69, 9.17) is 9.26 Å². The SMILES string of the molecule is O[C@@H]1CCC[C@H]1[C@H]1COCCN1Cc1cc(-c2ccccc2)on1. The van der Waals surface area contributed by atoms with Gasteiger partial charge in [0, 0.05) is 36.7 Å². The summed E-state index contributed by atoms with van der Waals surface area (Å²) in [6, 6.07) is 12.3. The van der Waals surface area contributed by atoms with E-state index >= 15 is 0 Å². The van der Waals surface area contributed by atoms with E-state index in [0.29, 0.717) is 12.5 Å². The summed E-state index contributed by atoms with van der Waals surface area (Å²) in [7, 11) is 0. The van der Waals surface area contributed by atoms with Gasteiger partial charge >= 0.3 is 0 Å². The van der Waals surface area contributed by atoms with Gasteiger partial charge in [-0.05, 0) is 12.8 Å². The lowest BCUT2D eigenvalue weighted by Crippen LogP contribution is -2.50. The molecule has 0 unspecified atom stereocenters. The number of nitrogens with zero attached hydrogens (tertiary/aromatic N) is 2. The maximum atomic E-state index is 10.3. The number of benzene rings is 1. The quantitative estimate of drug-likeness (QED) is 0.935. The lowest BCUT2D eigenvalue weighted by molar-refractivity contribution is -0.0543. The summed E-state index contributed by atoms with van der Waals surface area (Å²) in [4.78, 5) is 2.40. The van der Waals surface area contributed by atoms with Gasteiger partial charge < -0.3 is 14.4 Å². The minimum absolute atomic E-state index is 0.198. The van der Waals surface area contributed by atoms with E-state index in [-0.39, 0.29) is 12.1 Å². The van der Waals surface area contributed by atoms with Gasteiger partial charge in [0.25, 0.3) is 0 Å². The summed E-state index contributed by atoms with van der Waals surface area (Å²) in [5, 5.41) is 14.5. The number of morpholine rings is 1. The van der Waals surface area contributed by atoms with Crippen molar-refractivity contribution in [3.8, 4) is 11.3 Å². The Kier molecular flexibility index (Phi) is 4.65. The molecular weight excluding hydrogens is 304 g/mol. The Labute approximate surface area is 142 Å². The number of aliphatic hydroxyl groups is 1.